The van der Waals surface area contributed by atoms with Gasteiger partial charge < -0.3 is 20.1 Å². The van der Waals surface area contributed by atoms with Crippen LogP contribution in [0.25, 0.3) is 0 Å². The van der Waals surface area contributed by atoms with Crippen LogP contribution in [0.3, 0.4) is 0 Å². The van der Waals surface area contributed by atoms with Gasteiger partial charge in [-0.3, -0.25) is 9.89 Å². The lowest BCUT2D eigenvalue weighted by Gasteiger charge is -2.37. The summed E-state index contributed by atoms with van der Waals surface area (Å²) < 4.78 is 11.1. The van der Waals surface area contributed by atoms with E-state index in [-0.39, 0.29) is 5.41 Å². The predicted molar refractivity (Wildman–Crippen MR) is 114 cm³/mol. The molecule has 0 amide bonds. The van der Waals surface area contributed by atoms with E-state index >= 15 is 0 Å². The number of ether oxygens (including phenoxy) is 2. The highest BCUT2D eigenvalue weighted by Crippen LogP contribution is 2.36. The predicted octanol–water partition coefficient (Wildman–Crippen LogP) is 1.93. The lowest BCUT2D eigenvalue weighted by atomic mass is 9.72. The molecule has 2 heterocycles. The molecule has 1 aromatic rings. The zero-order chi connectivity index (χ0) is 19.7. The Hall–Kier alpha value is -1.63. The number of guanidine groups is 1. The van der Waals surface area contributed by atoms with Crippen LogP contribution in [0.1, 0.15) is 30.9 Å². The van der Waals surface area contributed by atoms with E-state index in [4.69, 9.17) is 14.5 Å². The molecule has 1 aromatic carbocycles. The molecule has 0 spiro atoms. The Morgan fingerprint density at radius 2 is 1.79 bits per heavy atom. The van der Waals surface area contributed by atoms with Gasteiger partial charge in [0.2, 0.25) is 0 Å². The molecule has 0 atom stereocenters. The summed E-state index contributed by atoms with van der Waals surface area (Å²) in [5, 5.41) is 6.92. The summed E-state index contributed by atoms with van der Waals surface area (Å²) in [6.45, 7) is 13.2. The van der Waals surface area contributed by atoms with E-state index in [9.17, 15) is 0 Å². The molecular formula is C22H36N4O2. The molecule has 0 aromatic heterocycles. The summed E-state index contributed by atoms with van der Waals surface area (Å²) in [5.74, 6) is 0.912. The van der Waals surface area contributed by atoms with Crippen LogP contribution >= 0.6 is 0 Å². The number of aryl methyl sites for hydroxylation is 1. The first-order valence-corrected chi connectivity index (χ1v) is 10.7. The Bertz CT molecular complexity index is 623. The SMILES string of the molecule is CCNC(=NCC1(c2ccccc2C)CCOCC1)NCCN1CCOCC1. The second kappa shape index (κ2) is 10.8. The minimum Gasteiger partial charge on any atom is -0.381 e. The molecule has 0 saturated carbocycles. The van der Waals surface area contributed by atoms with Gasteiger partial charge in [0, 0.05) is 51.4 Å². The fraction of sp³-hybridized carbons (Fsp3) is 0.682. The molecule has 2 aliphatic rings. The van der Waals surface area contributed by atoms with Crippen LogP contribution in [0.4, 0.5) is 0 Å². The van der Waals surface area contributed by atoms with Gasteiger partial charge in [-0.2, -0.15) is 0 Å². The van der Waals surface area contributed by atoms with E-state index in [0.29, 0.717) is 0 Å². The third-order valence-electron chi connectivity index (χ3n) is 5.87. The molecule has 0 aliphatic carbocycles. The number of nitrogens with zero attached hydrogens (tertiary/aromatic N) is 2. The summed E-state index contributed by atoms with van der Waals surface area (Å²) in [6.07, 6.45) is 2.04. The molecule has 0 unspecified atom stereocenters. The van der Waals surface area contributed by atoms with Crippen molar-refractivity contribution < 1.29 is 9.47 Å². The van der Waals surface area contributed by atoms with E-state index in [2.05, 4.69) is 53.6 Å². The van der Waals surface area contributed by atoms with Crippen LogP contribution in [-0.4, -0.2) is 76.6 Å². The van der Waals surface area contributed by atoms with Crippen molar-refractivity contribution in [2.75, 3.05) is 65.7 Å². The highest BCUT2D eigenvalue weighted by molar-refractivity contribution is 5.79. The monoisotopic (exact) mass is 388 g/mol. The van der Waals surface area contributed by atoms with Crippen molar-refractivity contribution in [2.45, 2.75) is 32.1 Å². The first-order chi connectivity index (χ1) is 13.7. The van der Waals surface area contributed by atoms with E-state index in [1.54, 1.807) is 0 Å². The number of morpholine rings is 1. The molecule has 2 aliphatic heterocycles. The third-order valence-corrected chi connectivity index (χ3v) is 5.87. The quantitative estimate of drug-likeness (QED) is 0.552. The van der Waals surface area contributed by atoms with E-state index < -0.39 is 0 Å². The van der Waals surface area contributed by atoms with E-state index in [0.717, 1.165) is 84.5 Å². The van der Waals surface area contributed by atoms with Crippen molar-refractivity contribution in [3.05, 3.63) is 35.4 Å². The summed E-state index contributed by atoms with van der Waals surface area (Å²) >= 11 is 0. The fourth-order valence-corrected chi connectivity index (χ4v) is 4.17. The second-order valence-corrected chi connectivity index (χ2v) is 7.78. The summed E-state index contributed by atoms with van der Waals surface area (Å²) in [7, 11) is 0. The highest BCUT2D eigenvalue weighted by atomic mass is 16.5. The third kappa shape index (κ3) is 5.69. The van der Waals surface area contributed by atoms with Crippen molar-refractivity contribution in [1.29, 1.82) is 0 Å². The first-order valence-electron chi connectivity index (χ1n) is 10.7. The first kappa shape index (κ1) is 21.1. The lowest BCUT2D eigenvalue weighted by Crippen LogP contribution is -2.45. The number of benzene rings is 1. The van der Waals surface area contributed by atoms with Gasteiger partial charge in [-0.05, 0) is 37.8 Å². The number of hydrogen-bond acceptors (Lipinski definition) is 4. The van der Waals surface area contributed by atoms with Crippen LogP contribution in [0.2, 0.25) is 0 Å². The Labute approximate surface area is 169 Å². The second-order valence-electron chi connectivity index (χ2n) is 7.78. The maximum atomic E-state index is 5.68. The molecule has 2 fully saturated rings. The highest BCUT2D eigenvalue weighted by Gasteiger charge is 2.35. The molecule has 2 N–H and O–H groups in total. The van der Waals surface area contributed by atoms with Crippen molar-refractivity contribution >= 4 is 5.96 Å². The minimum absolute atomic E-state index is 0.0656. The van der Waals surface area contributed by atoms with Gasteiger partial charge in [0.1, 0.15) is 0 Å². The van der Waals surface area contributed by atoms with Crippen LogP contribution < -0.4 is 10.6 Å². The molecule has 0 bridgehead atoms. The normalized spacial score (nSPS) is 20.7. The Balaban J connectivity index is 1.65. The van der Waals surface area contributed by atoms with Gasteiger partial charge in [-0.15, -0.1) is 0 Å². The zero-order valence-corrected chi connectivity index (χ0v) is 17.5. The van der Waals surface area contributed by atoms with E-state index in [1.807, 2.05) is 0 Å². The molecule has 6 heteroatoms. The largest absolute Gasteiger partial charge is 0.381 e. The molecule has 28 heavy (non-hydrogen) atoms. The standard InChI is InChI=1S/C22H36N4O2/c1-3-23-21(24-10-11-26-12-16-28-17-13-26)25-18-22(8-14-27-15-9-22)20-7-5-4-6-19(20)2/h4-7H,3,8-18H2,1-2H3,(H2,23,24,25). The van der Waals surface area contributed by atoms with Crippen molar-refractivity contribution in [3.63, 3.8) is 0 Å². The molecule has 2 saturated heterocycles. The van der Waals surface area contributed by atoms with Crippen LogP contribution in [-0.2, 0) is 14.9 Å². The Kier molecular flexibility index (Phi) is 8.13. The van der Waals surface area contributed by atoms with Crippen LogP contribution in [0.15, 0.2) is 29.3 Å². The maximum absolute atomic E-state index is 5.68. The summed E-state index contributed by atoms with van der Waals surface area (Å²) in [4.78, 5) is 7.44. The van der Waals surface area contributed by atoms with Gasteiger partial charge in [0.05, 0.1) is 19.8 Å². The van der Waals surface area contributed by atoms with Crippen molar-refractivity contribution in [2.24, 2.45) is 4.99 Å². The minimum atomic E-state index is 0.0656. The Morgan fingerprint density at radius 1 is 1.07 bits per heavy atom. The van der Waals surface area contributed by atoms with Crippen molar-refractivity contribution in [3.8, 4) is 0 Å². The van der Waals surface area contributed by atoms with Gasteiger partial charge in [-0.25, -0.2) is 0 Å². The maximum Gasteiger partial charge on any atom is 0.191 e. The van der Waals surface area contributed by atoms with Crippen molar-refractivity contribution in [1.82, 2.24) is 15.5 Å². The number of hydrogen-bond donors (Lipinski definition) is 2. The Morgan fingerprint density at radius 3 is 2.50 bits per heavy atom. The van der Waals surface area contributed by atoms with Gasteiger partial charge in [0.25, 0.3) is 0 Å². The lowest BCUT2D eigenvalue weighted by molar-refractivity contribution is 0.0389. The van der Waals surface area contributed by atoms with Gasteiger partial charge >= 0.3 is 0 Å². The molecule has 0 radical (unpaired) electrons. The molecule has 156 valence electrons. The topological polar surface area (TPSA) is 58.1 Å². The summed E-state index contributed by atoms with van der Waals surface area (Å²) in [5.41, 5.74) is 2.84. The van der Waals surface area contributed by atoms with Gasteiger partial charge in [-0.1, -0.05) is 24.3 Å². The smallest absolute Gasteiger partial charge is 0.191 e. The zero-order valence-electron chi connectivity index (χ0n) is 17.5. The fourth-order valence-electron chi connectivity index (χ4n) is 4.17. The van der Waals surface area contributed by atoms with Gasteiger partial charge in [0.15, 0.2) is 5.96 Å². The molecule has 6 nitrogen and oxygen atoms in total. The number of rotatable bonds is 7. The number of aliphatic imine (C=N–C) groups is 1. The van der Waals surface area contributed by atoms with Crippen LogP contribution in [0, 0.1) is 6.92 Å². The molecule has 3 rings (SSSR count). The summed E-state index contributed by atoms with van der Waals surface area (Å²) in [6, 6.07) is 8.75. The average Bonchev–Trinajstić information content (AvgIpc) is 2.74. The molecular weight excluding hydrogens is 352 g/mol. The number of nitrogens with one attached hydrogen (secondary N) is 2. The average molecular weight is 389 g/mol. The van der Waals surface area contributed by atoms with Crippen LogP contribution in [0.5, 0.6) is 0 Å². The van der Waals surface area contributed by atoms with E-state index in [1.165, 1.54) is 11.1 Å².